The Hall–Kier alpha value is 0.698. The van der Waals surface area contributed by atoms with E-state index in [9.17, 15) is 0 Å². The standard InChI is InChI=1S/3H2N.Sb/h3*1H2;/q3*-1;+3. The van der Waals surface area contributed by atoms with Crippen LogP contribution in [0.25, 0.3) is 18.5 Å². The first kappa shape index (κ1) is 132. The van der Waals surface area contributed by atoms with Crippen LogP contribution in [-0.2, 0) is 0 Å². The molecule has 0 spiro atoms. The monoisotopic (exact) mass is 169 g/mol. The van der Waals surface area contributed by atoms with Gasteiger partial charge in [-0.15, -0.1) is 0 Å². The molecule has 0 aliphatic carbocycles. The van der Waals surface area contributed by atoms with E-state index in [1.54, 1.807) is 0 Å². The van der Waals surface area contributed by atoms with Gasteiger partial charge in [0.2, 0.25) is 0 Å². The topological polar surface area (TPSA) is 100 Å². The molecule has 2 radical (unpaired) electrons. The Morgan fingerprint density at radius 3 is 0.500 bits per heavy atom. The van der Waals surface area contributed by atoms with Crippen molar-refractivity contribution in [3.05, 3.63) is 18.5 Å². The Kier molecular flexibility index (Phi) is 1820. The molecule has 6 N–H and O–H groups in total. The van der Waals surface area contributed by atoms with E-state index >= 15 is 0 Å². The maximum atomic E-state index is 0. The first-order chi connectivity index (χ1) is 0. The molecule has 0 heterocycles. The maximum absolute atomic E-state index is 0. The average molecular weight is 170 g/mol. The third-order valence-electron chi connectivity index (χ3n) is 0. The summed E-state index contributed by atoms with van der Waals surface area (Å²) in [6.45, 7) is 0. The summed E-state index contributed by atoms with van der Waals surface area (Å²) in [5, 5.41) is 0. The molecular weight excluding hydrogens is 164 g/mol. The van der Waals surface area contributed by atoms with Gasteiger partial charge in [-0.1, -0.05) is 0 Å². The molecule has 0 amide bonds. The second kappa shape index (κ2) is 55.2. The molecule has 4 heavy (non-hydrogen) atoms. The smallest absolute Gasteiger partial charge is 0.693 e. The van der Waals surface area contributed by atoms with Gasteiger partial charge >= 0.3 is 24.4 Å². The van der Waals surface area contributed by atoms with Gasteiger partial charge in [0.15, 0.2) is 0 Å². The molecule has 0 fully saturated rings. The Morgan fingerprint density at radius 2 is 0.500 bits per heavy atom. The van der Waals surface area contributed by atoms with E-state index in [0.29, 0.717) is 0 Å². The average Bonchev–Trinajstić information content (AvgIpc) is 0. The van der Waals surface area contributed by atoms with Crippen LogP contribution in [0.1, 0.15) is 0 Å². The van der Waals surface area contributed by atoms with Gasteiger partial charge in [-0.3, -0.25) is 0 Å². The van der Waals surface area contributed by atoms with Crippen LogP contribution in [0.2, 0.25) is 0 Å². The molecular formula is H6N3Sb. The summed E-state index contributed by atoms with van der Waals surface area (Å²) in [4.78, 5) is 0. The van der Waals surface area contributed by atoms with Crippen LogP contribution in [0, 0.1) is 0 Å². The fraction of sp³-hybridized carbons (Fsp3) is 0. The summed E-state index contributed by atoms with van der Waals surface area (Å²) < 4.78 is 0. The van der Waals surface area contributed by atoms with Crippen LogP contribution in [0.15, 0.2) is 0 Å². The zero-order valence-electron chi connectivity index (χ0n) is 2.18. The van der Waals surface area contributed by atoms with Crippen molar-refractivity contribution < 1.29 is 0 Å². The van der Waals surface area contributed by atoms with E-state index < -0.39 is 0 Å². The Bertz CT molecular complexity index is 3.25. The summed E-state index contributed by atoms with van der Waals surface area (Å²) in [6, 6.07) is 0. The van der Waals surface area contributed by atoms with Crippen molar-refractivity contribution >= 4 is 24.4 Å². The van der Waals surface area contributed by atoms with E-state index in [0.717, 1.165) is 0 Å². The minimum absolute atomic E-state index is 0. The Morgan fingerprint density at radius 1 is 0.500 bits per heavy atom. The van der Waals surface area contributed by atoms with E-state index in [1.807, 2.05) is 0 Å². The molecule has 0 aliphatic heterocycles. The molecule has 0 atom stereocenters. The van der Waals surface area contributed by atoms with Gasteiger partial charge < -0.3 is 18.5 Å². The number of rotatable bonds is 0. The molecule has 0 unspecified atom stereocenters. The predicted molar refractivity (Wildman–Crippen MR) is 21.6 cm³/mol. The minimum atomic E-state index is 0. The quantitative estimate of drug-likeness (QED) is 0.494. The van der Waals surface area contributed by atoms with Gasteiger partial charge in [0.05, 0.1) is 0 Å². The summed E-state index contributed by atoms with van der Waals surface area (Å²) in [7, 11) is 0. The minimum Gasteiger partial charge on any atom is -0.693 e. The van der Waals surface area contributed by atoms with Crippen molar-refractivity contribution in [2.45, 2.75) is 0 Å². The zero-order valence-corrected chi connectivity index (χ0v) is 4.73. The number of hydrogen-bond acceptors (Lipinski definition) is 0. The summed E-state index contributed by atoms with van der Waals surface area (Å²) in [6.07, 6.45) is 0. The predicted octanol–water partition coefficient (Wildman–Crippen LogP) is 1.77. The van der Waals surface area contributed by atoms with E-state index in [-0.39, 0.29) is 42.9 Å². The van der Waals surface area contributed by atoms with Gasteiger partial charge in [-0.25, -0.2) is 0 Å². The van der Waals surface area contributed by atoms with Crippen LogP contribution in [0.4, 0.5) is 0 Å². The number of nitrogens with two attached hydrogens (primary N) is 3. The van der Waals surface area contributed by atoms with Crippen LogP contribution in [0.3, 0.4) is 0 Å². The SMILES string of the molecule is [NH2-].[NH2-].[NH2-].[Sb+3]. The number of hydrogen-bond donors (Lipinski definition) is 0. The third-order valence-corrected chi connectivity index (χ3v) is 0. The van der Waals surface area contributed by atoms with Gasteiger partial charge in [-0.2, -0.15) is 0 Å². The third kappa shape index (κ3) is 16.0. The molecule has 0 bridgehead atoms. The van der Waals surface area contributed by atoms with Gasteiger partial charge in [-0.05, 0) is 0 Å². The van der Waals surface area contributed by atoms with Gasteiger partial charge in [0.1, 0.15) is 0 Å². The second-order valence-corrected chi connectivity index (χ2v) is 0. The molecule has 0 saturated carbocycles. The molecule has 26 valence electrons. The Balaban J connectivity index is 0. The molecule has 0 rings (SSSR count). The summed E-state index contributed by atoms with van der Waals surface area (Å²) in [5.74, 6) is 0. The molecule has 4 heteroatoms. The summed E-state index contributed by atoms with van der Waals surface area (Å²) >= 11 is 0. The summed E-state index contributed by atoms with van der Waals surface area (Å²) in [5.41, 5.74) is 0. The Labute approximate surface area is 43.3 Å². The molecule has 0 aromatic rings. The van der Waals surface area contributed by atoms with Crippen LogP contribution < -0.4 is 0 Å². The molecule has 0 aliphatic rings. The van der Waals surface area contributed by atoms with Crippen LogP contribution in [0.5, 0.6) is 0 Å². The molecule has 0 saturated heterocycles. The van der Waals surface area contributed by atoms with Gasteiger partial charge in [0.25, 0.3) is 0 Å². The van der Waals surface area contributed by atoms with E-state index in [2.05, 4.69) is 0 Å². The maximum Gasteiger partial charge on any atom is 3.00 e. The zero-order chi connectivity index (χ0) is 0. The van der Waals surface area contributed by atoms with Crippen molar-refractivity contribution in [2.24, 2.45) is 0 Å². The van der Waals surface area contributed by atoms with Crippen LogP contribution >= 0.6 is 0 Å². The van der Waals surface area contributed by atoms with Crippen molar-refractivity contribution in [3.63, 3.8) is 0 Å². The normalized spacial score (nSPS) is 0. The first-order valence-corrected chi connectivity index (χ1v) is 0. The van der Waals surface area contributed by atoms with Crippen molar-refractivity contribution in [2.75, 3.05) is 0 Å². The van der Waals surface area contributed by atoms with Crippen LogP contribution in [-0.4, -0.2) is 24.4 Å². The second-order valence-electron chi connectivity index (χ2n) is 0. The van der Waals surface area contributed by atoms with Crippen molar-refractivity contribution in [1.29, 1.82) is 0 Å². The first-order valence-electron chi connectivity index (χ1n) is 0. The molecule has 0 aromatic heterocycles. The van der Waals surface area contributed by atoms with Crippen molar-refractivity contribution in [3.8, 4) is 0 Å². The fourth-order valence-electron chi connectivity index (χ4n) is 0. The molecule has 3 nitrogen and oxygen atoms in total. The fourth-order valence-corrected chi connectivity index (χ4v) is 0. The van der Waals surface area contributed by atoms with E-state index in [4.69, 9.17) is 0 Å². The molecule has 0 aromatic carbocycles. The largest absolute Gasteiger partial charge is 3.00 e. The van der Waals surface area contributed by atoms with E-state index in [1.165, 1.54) is 0 Å². The van der Waals surface area contributed by atoms with Gasteiger partial charge in [0, 0.05) is 0 Å². The van der Waals surface area contributed by atoms with Crippen molar-refractivity contribution in [1.82, 2.24) is 0 Å².